The number of nitrogens with zero attached hydrogens (tertiary/aromatic N) is 2. The molecule has 1 N–H and O–H groups in total. The molecule has 0 aliphatic heterocycles. The van der Waals surface area contributed by atoms with Crippen LogP contribution in [0.1, 0.15) is 0 Å². The van der Waals surface area contributed by atoms with E-state index in [1.807, 2.05) is 36.4 Å². The third kappa shape index (κ3) is 3.55. The Hall–Kier alpha value is -2.85. The van der Waals surface area contributed by atoms with Gasteiger partial charge < -0.3 is 9.84 Å². The Balaban J connectivity index is 1.91. The lowest BCUT2D eigenvalue weighted by atomic mass is 10.1. The minimum atomic E-state index is 0.0676. The highest BCUT2D eigenvalue weighted by molar-refractivity contribution is 6.32. The van der Waals surface area contributed by atoms with Gasteiger partial charge in [-0.3, -0.25) is 0 Å². The van der Waals surface area contributed by atoms with Crippen molar-refractivity contribution >= 4 is 23.0 Å². The lowest BCUT2D eigenvalue weighted by molar-refractivity contribution is 0.415. The Morgan fingerprint density at radius 3 is 2.38 bits per heavy atom. The molecule has 0 aliphatic carbocycles. The van der Waals surface area contributed by atoms with Gasteiger partial charge in [0.2, 0.25) is 0 Å². The van der Waals surface area contributed by atoms with Crippen molar-refractivity contribution in [2.75, 3.05) is 7.11 Å². The maximum absolute atomic E-state index is 10.00. The van der Waals surface area contributed by atoms with Crippen LogP contribution in [0.15, 0.2) is 77.0 Å². The molecular formula is C19H15ClN2O2. The fourth-order valence-corrected chi connectivity index (χ4v) is 2.49. The first kappa shape index (κ1) is 16.0. The van der Waals surface area contributed by atoms with Gasteiger partial charge in [-0.05, 0) is 41.5 Å². The number of hydrogen-bond acceptors (Lipinski definition) is 4. The SMILES string of the molecule is COc1ccc(N=Nc2cc(-c3ccccc3)ccc2O)cc1Cl. The Bertz CT molecular complexity index is 880. The lowest BCUT2D eigenvalue weighted by Crippen LogP contribution is -1.82. The predicted octanol–water partition coefficient (Wildman–Crippen LogP) is 6.14. The van der Waals surface area contributed by atoms with Gasteiger partial charge in [-0.15, -0.1) is 5.11 Å². The minimum absolute atomic E-state index is 0.0676. The van der Waals surface area contributed by atoms with Crippen LogP contribution in [0, 0.1) is 0 Å². The normalized spacial score (nSPS) is 10.9. The van der Waals surface area contributed by atoms with Gasteiger partial charge in [0.25, 0.3) is 0 Å². The second-order valence-corrected chi connectivity index (χ2v) is 5.50. The van der Waals surface area contributed by atoms with Crippen molar-refractivity contribution < 1.29 is 9.84 Å². The molecule has 0 aliphatic rings. The molecule has 4 nitrogen and oxygen atoms in total. The summed E-state index contributed by atoms with van der Waals surface area (Å²) in [4.78, 5) is 0. The van der Waals surface area contributed by atoms with Crippen molar-refractivity contribution in [3.05, 3.63) is 71.8 Å². The summed E-state index contributed by atoms with van der Waals surface area (Å²) >= 11 is 6.07. The second-order valence-electron chi connectivity index (χ2n) is 5.09. The standard InChI is InChI=1S/C19H15ClN2O2/c1-24-19-10-8-15(12-16(19)20)21-22-17-11-14(7-9-18(17)23)13-5-3-2-4-6-13/h2-12,23H,1H3. The molecule has 0 atom stereocenters. The Labute approximate surface area is 145 Å². The van der Waals surface area contributed by atoms with Gasteiger partial charge in [0.05, 0.1) is 17.8 Å². The topological polar surface area (TPSA) is 54.2 Å². The number of ether oxygens (including phenoxy) is 1. The van der Waals surface area contributed by atoms with E-state index in [9.17, 15) is 5.11 Å². The summed E-state index contributed by atoms with van der Waals surface area (Å²) in [5.41, 5.74) is 2.96. The predicted molar refractivity (Wildman–Crippen MR) is 95.7 cm³/mol. The van der Waals surface area contributed by atoms with Crippen molar-refractivity contribution in [3.8, 4) is 22.6 Å². The molecule has 24 heavy (non-hydrogen) atoms. The first-order valence-corrected chi connectivity index (χ1v) is 7.69. The number of hydrogen-bond donors (Lipinski definition) is 1. The van der Waals surface area contributed by atoms with E-state index in [0.29, 0.717) is 22.1 Å². The summed E-state index contributed by atoms with van der Waals surface area (Å²) in [6, 6.07) is 20.2. The van der Waals surface area contributed by atoms with Gasteiger partial charge in [0, 0.05) is 0 Å². The van der Waals surface area contributed by atoms with Crippen LogP contribution in [0.4, 0.5) is 11.4 Å². The molecule has 0 amide bonds. The van der Waals surface area contributed by atoms with E-state index in [-0.39, 0.29) is 5.75 Å². The van der Waals surface area contributed by atoms with Crippen molar-refractivity contribution in [3.63, 3.8) is 0 Å². The van der Waals surface area contributed by atoms with Crippen LogP contribution in [0.3, 0.4) is 0 Å². The Morgan fingerprint density at radius 2 is 1.67 bits per heavy atom. The van der Waals surface area contributed by atoms with Crippen molar-refractivity contribution in [2.45, 2.75) is 0 Å². The highest BCUT2D eigenvalue weighted by Gasteiger charge is 2.05. The fourth-order valence-electron chi connectivity index (χ4n) is 2.24. The highest BCUT2D eigenvalue weighted by Crippen LogP contribution is 2.34. The van der Waals surface area contributed by atoms with Crippen LogP contribution in [0.2, 0.25) is 5.02 Å². The van der Waals surface area contributed by atoms with Gasteiger partial charge in [0.15, 0.2) is 0 Å². The van der Waals surface area contributed by atoms with Crippen LogP contribution in [-0.4, -0.2) is 12.2 Å². The molecule has 0 fully saturated rings. The number of phenols is 1. The molecular weight excluding hydrogens is 324 g/mol. The van der Waals surface area contributed by atoms with Gasteiger partial charge in [-0.2, -0.15) is 5.11 Å². The average Bonchev–Trinajstić information content (AvgIpc) is 2.62. The number of rotatable bonds is 4. The van der Waals surface area contributed by atoms with E-state index in [0.717, 1.165) is 11.1 Å². The van der Waals surface area contributed by atoms with Crippen molar-refractivity contribution in [2.24, 2.45) is 10.2 Å². The summed E-state index contributed by atoms with van der Waals surface area (Å²) in [6.07, 6.45) is 0. The Morgan fingerprint density at radius 1 is 0.875 bits per heavy atom. The molecule has 0 aromatic heterocycles. The summed E-state index contributed by atoms with van der Waals surface area (Å²) in [5.74, 6) is 0.641. The third-order valence-electron chi connectivity index (χ3n) is 3.49. The number of azo groups is 1. The number of halogens is 1. The molecule has 5 heteroatoms. The molecule has 0 unspecified atom stereocenters. The molecule has 3 aromatic carbocycles. The molecule has 0 radical (unpaired) electrons. The number of phenolic OH excluding ortho intramolecular Hbond substituents is 1. The van der Waals surface area contributed by atoms with Gasteiger partial charge in [-0.25, -0.2) is 0 Å². The zero-order valence-electron chi connectivity index (χ0n) is 13.0. The van der Waals surface area contributed by atoms with Gasteiger partial charge in [-0.1, -0.05) is 48.0 Å². The summed E-state index contributed by atoms with van der Waals surface area (Å²) in [7, 11) is 1.55. The molecule has 0 saturated carbocycles. The molecule has 120 valence electrons. The molecule has 0 spiro atoms. The van der Waals surface area contributed by atoms with E-state index >= 15 is 0 Å². The largest absolute Gasteiger partial charge is 0.506 e. The minimum Gasteiger partial charge on any atom is -0.506 e. The van der Waals surface area contributed by atoms with Gasteiger partial charge in [0.1, 0.15) is 17.2 Å². The fraction of sp³-hybridized carbons (Fsp3) is 0.0526. The van der Waals surface area contributed by atoms with Gasteiger partial charge >= 0.3 is 0 Å². The lowest BCUT2D eigenvalue weighted by Gasteiger charge is -2.05. The van der Waals surface area contributed by atoms with E-state index in [1.165, 1.54) is 0 Å². The van der Waals surface area contributed by atoms with E-state index in [4.69, 9.17) is 16.3 Å². The average molecular weight is 339 g/mol. The first-order valence-electron chi connectivity index (χ1n) is 7.31. The van der Waals surface area contributed by atoms with E-state index in [1.54, 1.807) is 37.4 Å². The summed E-state index contributed by atoms with van der Waals surface area (Å²) in [6.45, 7) is 0. The number of aromatic hydroxyl groups is 1. The number of methoxy groups -OCH3 is 1. The third-order valence-corrected chi connectivity index (χ3v) is 3.79. The van der Waals surface area contributed by atoms with E-state index in [2.05, 4.69) is 10.2 Å². The molecule has 0 heterocycles. The Kier molecular flexibility index (Phi) is 4.77. The smallest absolute Gasteiger partial charge is 0.143 e. The number of benzene rings is 3. The van der Waals surface area contributed by atoms with Crippen LogP contribution in [-0.2, 0) is 0 Å². The molecule has 3 rings (SSSR count). The van der Waals surface area contributed by atoms with Crippen molar-refractivity contribution in [1.29, 1.82) is 0 Å². The molecule has 0 bridgehead atoms. The second kappa shape index (κ2) is 7.15. The zero-order valence-corrected chi connectivity index (χ0v) is 13.7. The van der Waals surface area contributed by atoms with Crippen LogP contribution in [0.5, 0.6) is 11.5 Å². The summed E-state index contributed by atoms with van der Waals surface area (Å²) in [5, 5.41) is 18.7. The molecule has 0 saturated heterocycles. The van der Waals surface area contributed by atoms with E-state index < -0.39 is 0 Å². The first-order chi connectivity index (χ1) is 11.7. The quantitative estimate of drug-likeness (QED) is 0.581. The van der Waals surface area contributed by atoms with Crippen molar-refractivity contribution in [1.82, 2.24) is 0 Å². The molecule has 3 aromatic rings. The van der Waals surface area contributed by atoms with Crippen LogP contribution in [0.25, 0.3) is 11.1 Å². The van der Waals surface area contributed by atoms with Crippen LogP contribution >= 0.6 is 11.6 Å². The van der Waals surface area contributed by atoms with Crippen LogP contribution < -0.4 is 4.74 Å². The summed E-state index contributed by atoms with van der Waals surface area (Å²) < 4.78 is 5.10. The maximum atomic E-state index is 10.00. The zero-order chi connectivity index (χ0) is 16.9. The highest BCUT2D eigenvalue weighted by atomic mass is 35.5. The monoisotopic (exact) mass is 338 g/mol. The maximum Gasteiger partial charge on any atom is 0.143 e.